The normalized spacial score (nSPS) is 46.5. The highest BCUT2D eigenvalue weighted by Crippen LogP contribution is 2.52. The molecule has 0 aromatic carbocycles. The molecular weight excluding hydrogens is 361 g/mol. The van der Waals surface area contributed by atoms with Crippen molar-refractivity contribution in [3.05, 3.63) is 0 Å². The lowest BCUT2D eigenvalue weighted by Crippen LogP contribution is -2.75. The molecule has 1 saturated heterocycles. The number of hydrogen-bond acceptors (Lipinski definition) is 6. The summed E-state index contributed by atoms with van der Waals surface area (Å²) in [6.07, 6.45) is 0. The van der Waals surface area contributed by atoms with Crippen molar-refractivity contribution in [1.29, 1.82) is 0 Å². The van der Waals surface area contributed by atoms with E-state index in [1.807, 2.05) is 0 Å². The lowest BCUT2D eigenvalue weighted by atomic mass is 11.7. The van der Waals surface area contributed by atoms with E-state index in [0.717, 1.165) is 0 Å². The molecule has 1 aliphatic heterocycles. The van der Waals surface area contributed by atoms with Crippen LogP contribution >= 0.6 is 0 Å². The van der Waals surface area contributed by atoms with Gasteiger partial charge in [0, 0.05) is 9.58 Å². The standard InChI is InChI=1S/C8H24O6Si6/c1-17(2,11)8-18(3,12)6-20(14,5-15-9)7(16-10)19(8,4)13/h7-14H,5-6H2,1-4H3. The van der Waals surface area contributed by atoms with Gasteiger partial charge in [0.2, 0.25) is 19.5 Å². The molecule has 1 heterocycles. The van der Waals surface area contributed by atoms with Crippen LogP contribution in [0.4, 0.5) is 0 Å². The Morgan fingerprint density at radius 2 is 1.65 bits per heavy atom. The van der Waals surface area contributed by atoms with Gasteiger partial charge in [0.05, 0.1) is 0 Å². The topological polar surface area (TPSA) is 121 Å². The lowest BCUT2D eigenvalue weighted by molar-refractivity contribution is 0.458. The third-order valence-corrected chi connectivity index (χ3v) is 37.9. The molecule has 0 aromatic rings. The van der Waals surface area contributed by atoms with Gasteiger partial charge < -0.3 is 28.8 Å². The van der Waals surface area contributed by atoms with E-state index in [-0.39, 0.29) is 11.3 Å². The van der Waals surface area contributed by atoms with Crippen LogP contribution in [0.3, 0.4) is 0 Å². The Kier molecular flexibility index (Phi) is 5.67. The van der Waals surface area contributed by atoms with E-state index in [4.69, 9.17) is 0 Å². The summed E-state index contributed by atoms with van der Waals surface area (Å²) in [7, 11) is -13.1. The molecule has 4 radical (unpaired) electrons. The second kappa shape index (κ2) is 5.93. The van der Waals surface area contributed by atoms with Gasteiger partial charge >= 0.3 is 0 Å². The van der Waals surface area contributed by atoms with E-state index in [0.29, 0.717) is 0 Å². The Balaban J connectivity index is 3.36. The average Bonchev–Trinajstić information content (AvgIpc) is 2.10. The van der Waals surface area contributed by atoms with E-state index in [1.54, 1.807) is 26.2 Å². The zero-order valence-electron chi connectivity index (χ0n) is 12.3. The summed E-state index contributed by atoms with van der Waals surface area (Å²) in [5.74, 6) is 0. The molecule has 20 heavy (non-hydrogen) atoms. The first-order valence-electron chi connectivity index (χ1n) is 6.49. The molecule has 116 valence electrons. The summed E-state index contributed by atoms with van der Waals surface area (Å²) in [4.78, 5) is 61.2. The van der Waals surface area contributed by atoms with Gasteiger partial charge in [0.25, 0.3) is 0 Å². The summed E-state index contributed by atoms with van der Waals surface area (Å²) in [5, 5.41) is 0. The zero-order chi connectivity index (χ0) is 16.0. The quantitative estimate of drug-likeness (QED) is 0.322. The SMILES string of the molecule is C[Si](C)(O)C1[Si](C)(O)C[Si](O)(C[Si]O)C([Si]O)[Si]1(C)O. The van der Waals surface area contributed by atoms with Crippen molar-refractivity contribution in [2.75, 3.05) is 0 Å². The maximum Gasteiger partial charge on any atom is 0.226 e. The Morgan fingerprint density at radius 1 is 1.15 bits per heavy atom. The molecular formula is C8H24O6Si6. The van der Waals surface area contributed by atoms with Gasteiger partial charge in [-0.05, 0) is 37.5 Å². The monoisotopic (exact) mass is 384 g/mol. The van der Waals surface area contributed by atoms with Crippen LogP contribution in [0.2, 0.25) is 47.1 Å². The van der Waals surface area contributed by atoms with Gasteiger partial charge in [-0.25, -0.2) is 0 Å². The van der Waals surface area contributed by atoms with Crippen molar-refractivity contribution in [2.45, 2.75) is 47.1 Å². The van der Waals surface area contributed by atoms with Crippen LogP contribution in [-0.2, 0) is 0 Å². The molecule has 6 N–H and O–H groups in total. The fourth-order valence-corrected chi connectivity index (χ4v) is 47.4. The van der Waals surface area contributed by atoms with Gasteiger partial charge in [-0.2, -0.15) is 0 Å². The molecule has 1 aliphatic rings. The van der Waals surface area contributed by atoms with Crippen molar-refractivity contribution >= 4 is 52.8 Å². The molecule has 1 fully saturated rings. The van der Waals surface area contributed by atoms with E-state index < -0.39 is 62.4 Å². The van der Waals surface area contributed by atoms with Gasteiger partial charge in [-0.15, -0.1) is 0 Å². The predicted molar refractivity (Wildman–Crippen MR) is 88.4 cm³/mol. The Bertz CT molecular complexity index is 360. The molecule has 0 aliphatic carbocycles. The van der Waals surface area contributed by atoms with Crippen molar-refractivity contribution in [2.24, 2.45) is 0 Å². The Hall–Kier alpha value is 1.06. The third kappa shape index (κ3) is 3.35. The second-order valence-electron chi connectivity index (χ2n) is 6.85. The first-order chi connectivity index (χ1) is 8.83. The highest BCUT2D eigenvalue weighted by molar-refractivity contribution is 7.21. The minimum Gasteiger partial charge on any atom is -0.432 e. The van der Waals surface area contributed by atoms with Crippen LogP contribution in [0, 0.1) is 0 Å². The molecule has 6 nitrogen and oxygen atoms in total. The fraction of sp³-hybridized carbons (Fsp3) is 1.00. The van der Waals surface area contributed by atoms with E-state index >= 15 is 0 Å². The molecule has 0 saturated carbocycles. The molecule has 5 unspecified atom stereocenters. The van der Waals surface area contributed by atoms with Gasteiger partial charge in [-0.1, -0.05) is 0 Å². The van der Waals surface area contributed by atoms with Crippen LogP contribution in [0.5, 0.6) is 0 Å². The van der Waals surface area contributed by atoms with Crippen molar-refractivity contribution < 1.29 is 28.8 Å². The van der Waals surface area contributed by atoms with E-state index in [9.17, 15) is 28.8 Å². The molecule has 0 bridgehead atoms. The van der Waals surface area contributed by atoms with Crippen LogP contribution in [0.25, 0.3) is 0 Å². The average molecular weight is 385 g/mol. The fourth-order valence-electron chi connectivity index (χ4n) is 4.19. The first kappa shape index (κ1) is 19.1. The molecule has 5 atom stereocenters. The first-order valence-corrected chi connectivity index (χ1v) is 19.5. The van der Waals surface area contributed by atoms with Crippen LogP contribution in [-0.4, -0.2) is 81.6 Å². The molecule has 0 aromatic heterocycles. The predicted octanol–water partition coefficient (Wildman–Crippen LogP) is -1.69. The molecule has 0 spiro atoms. The number of rotatable bonds is 4. The summed E-state index contributed by atoms with van der Waals surface area (Å²) < 4.78 is 0. The van der Waals surface area contributed by atoms with Crippen LogP contribution < -0.4 is 0 Å². The molecule has 1 rings (SSSR count). The molecule has 0 amide bonds. The summed E-state index contributed by atoms with van der Waals surface area (Å²) in [5.41, 5.74) is 0.411. The summed E-state index contributed by atoms with van der Waals surface area (Å²) >= 11 is 0. The van der Waals surface area contributed by atoms with Gasteiger partial charge in [0.1, 0.15) is 0 Å². The van der Waals surface area contributed by atoms with E-state index in [1.165, 1.54) is 0 Å². The third-order valence-electron chi connectivity index (χ3n) is 4.21. The second-order valence-corrected chi connectivity index (χ2v) is 27.9. The van der Waals surface area contributed by atoms with Crippen molar-refractivity contribution in [3.63, 3.8) is 0 Å². The minimum atomic E-state index is -3.20. The Morgan fingerprint density at radius 3 is 2.00 bits per heavy atom. The summed E-state index contributed by atoms with van der Waals surface area (Å²) in [6.45, 7) is 6.75. The molecule has 12 heteroatoms. The maximum atomic E-state index is 11.1. The highest BCUT2D eigenvalue weighted by atomic mass is 28.5. The van der Waals surface area contributed by atoms with E-state index in [2.05, 4.69) is 0 Å². The van der Waals surface area contributed by atoms with Crippen molar-refractivity contribution in [1.82, 2.24) is 0 Å². The maximum absolute atomic E-state index is 11.1. The zero-order valence-corrected chi connectivity index (χ0v) is 18.3. The lowest BCUT2D eigenvalue weighted by Gasteiger charge is -2.56. The highest BCUT2D eigenvalue weighted by Gasteiger charge is 2.69. The van der Waals surface area contributed by atoms with Gasteiger partial charge in [0.15, 0.2) is 33.3 Å². The smallest absolute Gasteiger partial charge is 0.226 e. The Labute approximate surface area is 128 Å². The number of hydrogen-bond donors (Lipinski definition) is 6. The van der Waals surface area contributed by atoms with Gasteiger partial charge in [-0.3, -0.25) is 0 Å². The largest absolute Gasteiger partial charge is 0.432 e. The van der Waals surface area contributed by atoms with Crippen molar-refractivity contribution in [3.8, 4) is 0 Å². The van der Waals surface area contributed by atoms with Crippen LogP contribution in [0.1, 0.15) is 0 Å². The minimum absolute atomic E-state index is 0.192. The summed E-state index contributed by atoms with van der Waals surface area (Å²) in [6, 6.07) is 0. The van der Waals surface area contributed by atoms with Crippen LogP contribution in [0.15, 0.2) is 0 Å².